The summed E-state index contributed by atoms with van der Waals surface area (Å²) >= 11 is 0. The maximum absolute atomic E-state index is 12.1. The van der Waals surface area contributed by atoms with Crippen molar-refractivity contribution in [2.45, 2.75) is 57.4 Å². The zero-order chi connectivity index (χ0) is 19.5. The van der Waals surface area contributed by atoms with E-state index < -0.39 is 0 Å². The molecule has 0 radical (unpaired) electrons. The highest BCUT2D eigenvalue weighted by Crippen LogP contribution is 2.38. The SMILES string of the molecule is COc1cc(CCC(=O)NCCNC2CCCCCC2)cc(OC)c1OC.Cl. The van der Waals surface area contributed by atoms with Crippen LogP contribution in [0.3, 0.4) is 0 Å². The van der Waals surface area contributed by atoms with Gasteiger partial charge in [-0.1, -0.05) is 25.7 Å². The van der Waals surface area contributed by atoms with E-state index in [-0.39, 0.29) is 18.3 Å². The Hall–Kier alpha value is -1.66. The molecule has 2 rings (SSSR count). The second-order valence-corrected chi connectivity index (χ2v) is 7.03. The first-order valence-electron chi connectivity index (χ1n) is 9.97. The summed E-state index contributed by atoms with van der Waals surface area (Å²) in [7, 11) is 4.76. The van der Waals surface area contributed by atoms with E-state index in [0.29, 0.717) is 42.7 Å². The number of benzene rings is 1. The number of ether oxygens (including phenoxy) is 3. The third kappa shape index (κ3) is 7.76. The molecule has 1 amide bonds. The molecule has 0 saturated heterocycles. The lowest BCUT2D eigenvalue weighted by Gasteiger charge is -2.16. The fourth-order valence-corrected chi connectivity index (χ4v) is 3.59. The number of hydrogen-bond donors (Lipinski definition) is 2. The highest BCUT2D eigenvalue weighted by Gasteiger charge is 2.14. The van der Waals surface area contributed by atoms with Crippen molar-refractivity contribution in [3.05, 3.63) is 17.7 Å². The summed E-state index contributed by atoms with van der Waals surface area (Å²) in [5, 5.41) is 6.57. The third-order valence-corrected chi connectivity index (χ3v) is 5.10. The smallest absolute Gasteiger partial charge is 0.220 e. The maximum Gasteiger partial charge on any atom is 0.220 e. The summed E-state index contributed by atoms with van der Waals surface area (Å²) in [6, 6.07) is 4.40. The van der Waals surface area contributed by atoms with E-state index in [1.54, 1.807) is 21.3 Å². The van der Waals surface area contributed by atoms with Gasteiger partial charge in [0.05, 0.1) is 21.3 Å². The van der Waals surface area contributed by atoms with Crippen molar-refractivity contribution in [1.29, 1.82) is 0 Å². The molecule has 1 aliphatic rings. The fourth-order valence-electron chi connectivity index (χ4n) is 3.59. The second-order valence-electron chi connectivity index (χ2n) is 7.03. The largest absolute Gasteiger partial charge is 0.493 e. The summed E-state index contributed by atoms with van der Waals surface area (Å²) in [6.07, 6.45) is 8.92. The van der Waals surface area contributed by atoms with Gasteiger partial charge >= 0.3 is 0 Å². The van der Waals surface area contributed by atoms with Gasteiger partial charge in [-0.2, -0.15) is 0 Å². The van der Waals surface area contributed by atoms with Gasteiger partial charge in [-0.15, -0.1) is 12.4 Å². The van der Waals surface area contributed by atoms with Crippen LogP contribution in [-0.4, -0.2) is 46.4 Å². The highest BCUT2D eigenvalue weighted by molar-refractivity contribution is 5.85. The second kappa shape index (κ2) is 13.5. The Kier molecular flexibility index (Phi) is 11.8. The number of aryl methyl sites for hydroxylation is 1. The molecule has 0 aliphatic heterocycles. The van der Waals surface area contributed by atoms with Crippen LogP contribution >= 0.6 is 12.4 Å². The number of nitrogens with one attached hydrogen (secondary N) is 2. The lowest BCUT2D eigenvalue weighted by Crippen LogP contribution is -2.36. The predicted octanol–water partition coefficient (Wildman–Crippen LogP) is 3.50. The Morgan fingerprint density at radius 2 is 1.57 bits per heavy atom. The van der Waals surface area contributed by atoms with Gasteiger partial charge in [0.15, 0.2) is 11.5 Å². The summed E-state index contributed by atoms with van der Waals surface area (Å²) < 4.78 is 16.0. The van der Waals surface area contributed by atoms with Gasteiger partial charge in [-0.3, -0.25) is 4.79 Å². The van der Waals surface area contributed by atoms with Crippen LogP contribution in [0.4, 0.5) is 0 Å². The molecule has 1 aromatic carbocycles. The van der Waals surface area contributed by atoms with Gasteiger partial charge < -0.3 is 24.8 Å². The van der Waals surface area contributed by atoms with E-state index in [9.17, 15) is 4.79 Å². The van der Waals surface area contributed by atoms with E-state index in [4.69, 9.17) is 14.2 Å². The zero-order valence-electron chi connectivity index (χ0n) is 17.3. The monoisotopic (exact) mass is 414 g/mol. The van der Waals surface area contributed by atoms with Crippen LogP contribution in [-0.2, 0) is 11.2 Å². The van der Waals surface area contributed by atoms with Crippen molar-refractivity contribution in [3.8, 4) is 17.2 Å². The molecule has 28 heavy (non-hydrogen) atoms. The predicted molar refractivity (Wildman–Crippen MR) is 114 cm³/mol. The molecule has 0 aromatic heterocycles. The number of rotatable bonds is 10. The molecule has 1 fully saturated rings. The number of halogens is 1. The normalized spacial score (nSPS) is 14.5. The van der Waals surface area contributed by atoms with E-state index in [1.165, 1.54) is 38.5 Å². The van der Waals surface area contributed by atoms with Gasteiger partial charge in [0.1, 0.15) is 0 Å². The minimum atomic E-state index is 0. The van der Waals surface area contributed by atoms with E-state index in [2.05, 4.69) is 10.6 Å². The van der Waals surface area contributed by atoms with Crippen molar-refractivity contribution in [2.75, 3.05) is 34.4 Å². The fraction of sp³-hybridized carbons (Fsp3) is 0.667. The van der Waals surface area contributed by atoms with Crippen LogP contribution in [0.5, 0.6) is 17.2 Å². The Balaban J connectivity index is 0.00000392. The van der Waals surface area contributed by atoms with Gasteiger partial charge in [0, 0.05) is 25.6 Å². The zero-order valence-corrected chi connectivity index (χ0v) is 18.2. The molecular weight excluding hydrogens is 380 g/mol. The minimum Gasteiger partial charge on any atom is -0.493 e. The molecule has 2 N–H and O–H groups in total. The molecule has 0 heterocycles. The first-order valence-corrected chi connectivity index (χ1v) is 9.97. The minimum absolute atomic E-state index is 0. The summed E-state index contributed by atoms with van der Waals surface area (Å²) in [5.41, 5.74) is 0.983. The van der Waals surface area contributed by atoms with E-state index in [0.717, 1.165) is 12.1 Å². The third-order valence-electron chi connectivity index (χ3n) is 5.10. The molecule has 0 unspecified atom stereocenters. The highest BCUT2D eigenvalue weighted by atomic mass is 35.5. The molecule has 0 bridgehead atoms. The molecule has 6 nitrogen and oxygen atoms in total. The standard InChI is InChI=1S/C21H34N2O4.ClH/c1-25-18-14-16(15-19(26-2)21(18)27-3)10-11-20(24)23-13-12-22-17-8-6-4-5-7-9-17;/h14-15,17,22H,4-13H2,1-3H3,(H,23,24);1H. The van der Waals surface area contributed by atoms with Crippen LogP contribution in [0, 0.1) is 0 Å². The van der Waals surface area contributed by atoms with Crippen molar-refractivity contribution < 1.29 is 19.0 Å². The number of carbonyl (C=O) groups excluding carboxylic acids is 1. The van der Waals surface area contributed by atoms with Crippen LogP contribution in [0.25, 0.3) is 0 Å². The van der Waals surface area contributed by atoms with Crippen LogP contribution < -0.4 is 24.8 Å². The number of carbonyl (C=O) groups is 1. The molecule has 160 valence electrons. The number of amides is 1. The van der Waals surface area contributed by atoms with Crippen LogP contribution in [0.15, 0.2) is 12.1 Å². The quantitative estimate of drug-likeness (QED) is 0.453. The topological polar surface area (TPSA) is 68.8 Å². The summed E-state index contributed by atoms with van der Waals surface area (Å²) in [4.78, 5) is 12.1. The summed E-state index contributed by atoms with van der Waals surface area (Å²) in [6.45, 7) is 1.51. The average molecular weight is 415 g/mol. The molecular formula is C21H35ClN2O4. The molecule has 0 spiro atoms. The molecule has 1 aliphatic carbocycles. The number of methoxy groups -OCH3 is 3. The van der Waals surface area contributed by atoms with Crippen molar-refractivity contribution in [3.63, 3.8) is 0 Å². The van der Waals surface area contributed by atoms with Crippen LogP contribution in [0.1, 0.15) is 50.5 Å². The molecule has 1 aromatic rings. The van der Waals surface area contributed by atoms with Gasteiger partial charge in [0.25, 0.3) is 0 Å². The average Bonchev–Trinajstić information content (AvgIpc) is 2.97. The molecule has 0 atom stereocenters. The van der Waals surface area contributed by atoms with Crippen molar-refractivity contribution in [2.24, 2.45) is 0 Å². The summed E-state index contributed by atoms with van der Waals surface area (Å²) in [5.74, 6) is 1.85. The van der Waals surface area contributed by atoms with Gasteiger partial charge in [0.2, 0.25) is 11.7 Å². The first-order chi connectivity index (χ1) is 13.2. The lowest BCUT2D eigenvalue weighted by molar-refractivity contribution is -0.121. The van der Waals surface area contributed by atoms with E-state index in [1.807, 2.05) is 12.1 Å². The Morgan fingerprint density at radius 1 is 0.964 bits per heavy atom. The van der Waals surface area contributed by atoms with Crippen molar-refractivity contribution in [1.82, 2.24) is 10.6 Å². The van der Waals surface area contributed by atoms with Crippen LogP contribution in [0.2, 0.25) is 0 Å². The Labute approximate surface area is 175 Å². The lowest BCUT2D eigenvalue weighted by atomic mass is 10.1. The molecule has 7 heteroatoms. The van der Waals surface area contributed by atoms with Gasteiger partial charge in [-0.05, 0) is 37.0 Å². The van der Waals surface area contributed by atoms with Gasteiger partial charge in [-0.25, -0.2) is 0 Å². The Morgan fingerprint density at radius 3 is 2.11 bits per heavy atom. The van der Waals surface area contributed by atoms with Crippen molar-refractivity contribution >= 4 is 18.3 Å². The van der Waals surface area contributed by atoms with E-state index >= 15 is 0 Å². The Bertz CT molecular complexity index is 565. The number of hydrogen-bond acceptors (Lipinski definition) is 5. The maximum atomic E-state index is 12.1. The molecule has 1 saturated carbocycles. The first kappa shape index (κ1) is 24.4.